The van der Waals surface area contributed by atoms with Crippen molar-refractivity contribution in [3.05, 3.63) is 97.2 Å². The molecule has 0 saturated carbocycles. The Labute approximate surface area is 181 Å². The molecule has 0 N–H and O–H groups in total. The van der Waals surface area contributed by atoms with Crippen LogP contribution in [-0.2, 0) is 9.59 Å². The van der Waals surface area contributed by atoms with Crippen molar-refractivity contribution in [1.29, 1.82) is 0 Å². The van der Waals surface area contributed by atoms with E-state index in [4.69, 9.17) is 9.47 Å². The summed E-state index contributed by atoms with van der Waals surface area (Å²) in [4.78, 5) is 26.6. The van der Waals surface area contributed by atoms with E-state index in [0.29, 0.717) is 24.5 Å². The molecular formula is C26H23NO4. The summed E-state index contributed by atoms with van der Waals surface area (Å²) in [7, 11) is 0. The molecule has 0 radical (unpaired) electrons. The summed E-state index contributed by atoms with van der Waals surface area (Å²) in [5.41, 5.74) is 2.15. The first kappa shape index (κ1) is 20.4. The molecule has 0 aromatic heterocycles. The summed E-state index contributed by atoms with van der Waals surface area (Å²) < 4.78 is 10.8. The number of para-hydroxylation sites is 1. The largest absolute Gasteiger partial charge is 0.425 e. The molecule has 3 aromatic rings. The van der Waals surface area contributed by atoms with E-state index in [9.17, 15) is 9.59 Å². The summed E-state index contributed by atoms with van der Waals surface area (Å²) in [6, 6.07) is 25.9. The number of carbonyl (C=O) groups excluding carboxylic acids is 2. The lowest BCUT2D eigenvalue weighted by Crippen LogP contribution is -2.35. The molecule has 1 saturated heterocycles. The van der Waals surface area contributed by atoms with Crippen molar-refractivity contribution in [2.24, 2.45) is 0 Å². The zero-order chi connectivity index (χ0) is 21.5. The van der Waals surface area contributed by atoms with Crippen LogP contribution in [0, 0.1) is 0 Å². The quantitative estimate of drug-likeness (QED) is 0.329. The number of carbonyl (C=O) groups is 2. The number of benzene rings is 3. The van der Waals surface area contributed by atoms with Crippen LogP contribution in [0.1, 0.15) is 12.8 Å². The summed E-state index contributed by atoms with van der Waals surface area (Å²) in [6.07, 6.45) is 4.50. The van der Waals surface area contributed by atoms with Crippen LogP contribution in [0.4, 0.5) is 0 Å². The molecule has 0 aliphatic carbocycles. The maximum atomic E-state index is 12.5. The summed E-state index contributed by atoms with van der Waals surface area (Å²) >= 11 is 0. The Kier molecular flexibility index (Phi) is 6.43. The number of esters is 2. The standard InChI is InChI=1S/C26H23NO4/c28-25(30-23-15-13-21(14-16-23)20-8-3-1-4-9-20)17-19-27-18-7-12-24(27)26(29)31-22-10-5-2-6-11-22/h1-6,8-11,13-17,19,24H,7,12,18H2/b19-17-. The first-order chi connectivity index (χ1) is 15.2. The number of rotatable bonds is 6. The van der Waals surface area contributed by atoms with Crippen molar-refractivity contribution in [2.75, 3.05) is 6.54 Å². The van der Waals surface area contributed by atoms with Crippen molar-refractivity contribution in [3.63, 3.8) is 0 Å². The minimum Gasteiger partial charge on any atom is -0.425 e. The van der Waals surface area contributed by atoms with Crippen LogP contribution in [0.3, 0.4) is 0 Å². The fraction of sp³-hybridized carbons (Fsp3) is 0.154. The van der Waals surface area contributed by atoms with E-state index in [1.807, 2.05) is 65.6 Å². The molecule has 1 aliphatic rings. The van der Waals surface area contributed by atoms with E-state index < -0.39 is 12.0 Å². The number of hydrogen-bond donors (Lipinski definition) is 0. The lowest BCUT2D eigenvalue weighted by molar-refractivity contribution is -0.138. The van der Waals surface area contributed by atoms with Crippen molar-refractivity contribution in [3.8, 4) is 22.6 Å². The van der Waals surface area contributed by atoms with E-state index in [1.165, 1.54) is 6.08 Å². The lowest BCUT2D eigenvalue weighted by Gasteiger charge is -2.20. The number of nitrogens with zero attached hydrogens (tertiary/aromatic N) is 1. The van der Waals surface area contributed by atoms with Crippen LogP contribution in [-0.4, -0.2) is 29.4 Å². The van der Waals surface area contributed by atoms with Crippen molar-refractivity contribution in [1.82, 2.24) is 4.90 Å². The Morgan fingerprint density at radius 2 is 1.39 bits per heavy atom. The molecule has 156 valence electrons. The molecule has 0 bridgehead atoms. The smallest absolute Gasteiger partial charge is 0.337 e. The minimum atomic E-state index is -0.491. The van der Waals surface area contributed by atoms with Crippen LogP contribution in [0.5, 0.6) is 11.5 Å². The Hall–Kier alpha value is -3.86. The second kappa shape index (κ2) is 9.76. The second-order valence-electron chi connectivity index (χ2n) is 7.26. The van der Waals surface area contributed by atoms with Crippen molar-refractivity contribution in [2.45, 2.75) is 18.9 Å². The minimum absolute atomic E-state index is 0.321. The van der Waals surface area contributed by atoms with Crippen LogP contribution >= 0.6 is 0 Å². The highest BCUT2D eigenvalue weighted by Gasteiger charge is 2.30. The third-order valence-electron chi connectivity index (χ3n) is 5.11. The molecule has 3 aromatic carbocycles. The van der Waals surface area contributed by atoms with Crippen LogP contribution in [0.25, 0.3) is 11.1 Å². The molecule has 1 unspecified atom stereocenters. The third kappa shape index (κ3) is 5.39. The molecule has 1 heterocycles. The molecular weight excluding hydrogens is 390 g/mol. The lowest BCUT2D eigenvalue weighted by atomic mass is 10.1. The van der Waals surface area contributed by atoms with E-state index in [1.54, 1.807) is 30.5 Å². The molecule has 31 heavy (non-hydrogen) atoms. The van der Waals surface area contributed by atoms with E-state index in [0.717, 1.165) is 17.5 Å². The Morgan fingerprint density at radius 3 is 2.10 bits per heavy atom. The Bertz CT molecular complexity index is 1050. The molecule has 0 amide bonds. The highest BCUT2D eigenvalue weighted by atomic mass is 16.5. The van der Waals surface area contributed by atoms with Gasteiger partial charge in [-0.1, -0.05) is 60.7 Å². The highest BCUT2D eigenvalue weighted by molar-refractivity contribution is 5.84. The van der Waals surface area contributed by atoms with Gasteiger partial charge in [0.1, 0.15) is 17.5 Å². The van der Waals surface area contributed by atoms with Gasteiger partial charge in [0.05, 0.1) is 0 Å². The Balaban J connectivity index is 1.33. The maximum Gasteiger partial charge on any atom is 0.337 e. The normalized spacial score (nSPS) is 15.7. The van der Waals surface area contributed by atoms with Gasteiger partial charge in [-0.15, -0.1) is 0 Å². The zero-order valence-electron chi connectivity index (χ0n) is 17.0. The SMILES string of the molecule is O=C(/C=C\N1CCCC1C(=O)Oc1ccccc1)Oc1ccc(-c2ccccc2)cc1. The van der Waals surface area contributed by atoms with E-state index in [2.05, 4.69) is 0 Å². The first-order valence-electron chi connectivity index (χ1n) is 10.3. The molecule has 5 nitrogen and oxygen atoms in total. The summed E-state index contributed by atoms with van der Waals surface area (Å²) in [5, 5.41) is 0. The average molecular weight is 413 g/mol. The predicted molar refractivity (Wildman–Crippen MR) is 118 cm³/mol. The third-order valence-corrected chi connectivity index (χ3v) is 5.11. The van der Waals surface area contributed by atoms with Gasteiger partial charge in [0.25, 0.3) is 0 Å². The molecule has 1 aliphatic heterocycles. The predicted octanol–water partition coefficient (Wildman–Crippen LogP) is 4.84. The topological polar surface area (TPSA) is 55.8 Å². The van der Waals surface area contributed by atoms with Gasteiger partial charge < -0.3 is 14.4 Å². The van der Waals surface area contributed by atoms with Crippen molar-refractivity contribution >= 4 is 11.9 Å². The first-order valence-corrected chi connectivity index (χ1v) is 10.3. The second-order valence-corrected chi connectivity index (χ2v) is 7.26. The van der Waals surface area contributed by atoms with Gasteiger partial charge in [-0.2, -0.15) is 0 Å². The fourth-order valence-corrected chi connectivity index (χ4v) is 3.55. The van der Waals surface area contributed by atoms with Gasteiger partial charge in [0, 0.05) is 18.8 Å². The highest BCUT2D eigenvalue weighted by Crippen LogP contribution is 2.23. The van der Waals surface area contributed by atoms with Gasteiger partial charge in [0.2, 0.25) is 0 Å². The number of ether oxygens (including phenoxy) is 2. The molecule has 1 atom stereocenters. The van der Waals surface area contributed by atoms with Crippen LogP contribution in [0.15, 0.2) is 97.2 Å². The van der Waals surface area contributed by atoms with Gasteiger partial charge in [-0.25, -0.2) is 9.59 Å². The van der Waals surface area contributed by atoms with Crippen LogP contribution < -0.4 is 9.47 Å². The molecule has 0 spiro atoms. The van der Waals surface area contributed by atoms with Gasteiger partial charge >= 0.3 is 11.9 Å². The Morgan fingerprint density at radius 1 is 0.774 bits per heavy atom. The monoisotopic (exact) mass is 413 g/mol. The summed E-state index contributed by atoms with van der Waals surface area (Å²) in [5.74, 6) is 0.172. The number of likely N-dealkylation sites (tertiary alicyclic amines) is 1. The van der Waals surface area contributed by atoms with Crippen LogP contribution in [0.2, 0.25) is 0 Å². The van der Waals surface area contributed by atoms with Gasteiger partial charge in [-0.05, 0) is 48.2 Å². The van der Waals surface area contributed by atoms with Crippen molar-refractivity contribution < 1.29 is 19.1 Å². The van der Waals surface area contributed by atoms with E-state index >= 15 is 0 Å². The average Bonchev–Trinajstić information content (AvgIpc) is 3.28. The fourth-order valence-electron chi connectivity index (χ4n) is 3.55. The maximum absolute atomic E-state index is 12.5. The molecule has 1 fully saturated rings. The summed E-state index contributed by atoms with van der Waals surface area (Å²) in [6.45, 7) is 0.685. The number of hydrogen-bond acceptors (Lipinski definition) is 5. The zero-order valence-corrected chi connectivity index (χ0v) is 17.0. The van der Waals surface area contributed by atoms with Gasteiger partial charge in [-0.3, -0.25) is 0 Å². The molecule has 5 heteroatoms. The van der Waals surface area contributed by atoms with Gasteiger partial charge in [0.15, 0.2) is 0 Å². The van der Waals surface area contributed by atoms with E-state index in [-0.39, 0.29) is 5.97 Å². The molecule has 4 rings (SSSR count).